The Kier molecular flexibility index (Phi) is 13.2. The first kappa shape index (κ1) is 28.7. The summed E-state index contributed by atoms with van der Waals surface area (Å²) >= 11 is 0. The van der Waals surface area contributed by atoms with Crippen LogP contribution in [-0.2, 0) is 28.8 Å². The second kappa shape index (κ2) is 14.7. The average molecular weight is 460 g/mol. The number of amides is 4. The first-order valence-corrected chi connectivity index (χ1v) is 9.98. The summed E-state index contributed by atoms with van der Waals surface area (Å²) in [5.41, 5.74) is 16.0. The molecule has 0 saturated heterocycles. The highest BCUT2D eigenvalue weighted by atomic mass is 16.4. The standard InChI is InChI=1S/C18H32N6O8/c1-9(20)15(28)22-10(4-2-3-7-19)16(29)23-11(5-6-13(21)25)17(30)24-12(18(31)32)8-14(26)27/h9-12H,2-8,19-20H2,1H3,(H2,21,25)(H,22,28)(H,23,29)(H,24,30)(H,26,27)(H,31,32). The van der Waals surface area contributed by atoms with Gasteiger partial charge in [-0.15, -0.1) is 0 Å². The molecule has 0 aliphatic carbocycles. The Balaban J connectivity index is 5.49. The summed E-state index contributed by atoms with van der Waals surface area (Å²) in [5, 5.41) is 24.7. The Morgan fingerprint density at radius 3 is 1.75 bits per heavy atom. The van der Waals surface area contributed by atoms with Crippen molar-refractivity contribution in [3.05, 3.63) is 0 Å². The monoisotopic (exact) mass is 460 g/mol. The second-order valence-corrected chi connectivity index (χ2v) is 7.20. The maximum atomic E-state index is 12.7. The van der Waals surface area contributed by atoms with Gasteiger partial charge in [0.1, 0.15) is 18.1 Å². The van der Waals surface area contributed by atoms with Crippen molar-refractivity contribution in [3.63, 3.8) is 0 Å². The van der Waals surface area contributed by atoms with Crippen LogP contribution < -0.4 is 33.2 Å². The fourth-order valence-corrected chi connectivity index (χ4v) is 2.54. The molecule has 14 nitrogen and oxygen atoms in total. The van der Waals surface area contributed by atoms with Gasteiger partial charge in [-0.25, -0.2) is 4.79 Å². The van der Waals surface area contributed by atoms with E-state index in [4.69, 9.17) is 27.4 Å². The van der Waals surface area contributed by atoms with E-state index in [1.165, 1.54) is 6.92 Å². The molecule has 0 fully saturated rings. The van der Waals surface area contributed by atoms with Gasteiger partial charge >= 0.3 is 11.9 Å². The molecule has 4 unspecified atom stereocenters. The van der Waals surface area contributed by atoms with Crippen LogP contribution in [0.2, 0.25) is 0 Å². The van der Waals surface area contributed by atoms with Gasteiger partial charge in [-0.3, -0.25) is 24.0 Å². The fraction of sp³-hybridized carbons (Fsp3) is 0.667. The van der Waals surface area contributed by atoms with Gasteiger partial charge in [0.25, 0.3) is 0 Å². The summed E-state index contributed by atoms with van der Waals surface area (Å²) in [6.07, 6.45) is -0.265. The molecule has 32 heavy (non-hydrogen) atoms. The number of hydrogen-bond donors (Lipinski definition) is 8. The molecule has 0 aliphatic rings. The van der Waals surface area contributed by atoms with Gasteiger partial charge in [-0.2, -0.15) is 0 Å². The highest BCUT2D eigenvalue weighted by molar-refractivity contribution is 5.94. The molecule has 14 heteroatoms. The van der Waals surface area contributed by atoms with Gasteiger partial charge < -0.3 is 43.4 Å². The quantitative estimate of drug-likeness (QED) is 0.107. The van der Waals surface area contributed by atoms with Crippen molar-refractivity contribution in [2.45, 2.75) is 69.6 Å². The Labute approximate surface area is 184 Å². The van der Waals surface area contributed by atoms with Crippen molar-refractivity contribution >= 4 is 35.6 Å². The third-order valence-electron chi connectivity index (χ3n) is 4.30. The number of carbonyl (C=O) groups is 6. The minimum absolute atomic E-state index is 0.183. The molecule has 0 bridgehead atoms. The minimum atomic E-state index is -1.76. The summed E-state index contributed by atoms with van der Waals surface area (Å²) < 4.78 is 0. The zero-order valence-corrected chi connectivity index (χ0v) is 17.8. The van der Waals surface area contributed by atoms with Crippen LogP contribution in [0.3, 0.4) is 0 Å². The topological polar surface area (TPSA) is 257 Å². The molecule has 0 aliphatic heterocycles. The van der Waals surface area contributed by atoms with Crippen LogP contribution in [0.4, 0.5) is 0 Å². The third kappa shape index (κ3) is 11.8. The van der Waals surface area contributed by atoms with Crippen molar-refractivity contribution < 1.29 is 39.0 Å². The number of primary amides is 1. The number of hydrogen-bond acceptors (Lipinski definition) is 8. The first-order chi connectivity index (χ1) is 14.9. The van der Waals surface area contributed by atoms with Gasteiger partial charge in [0.15, 0.2) is 0 Å². The van der Waals surface area contributed by atoms with E-state index in [1.54, 1.807) is 0 Å². The van der Waals surface area contributed by atoms with E-state index in [1.807, 2.05) is 5.32 Å². The Morgan fingerprint density at radius 1 is 0.812 bits per heavy atom. The molecule has 4 amide bonds. The molecule has 0 aromatic heterocycles. The maximum absolute atomic E-state index is 12.7. The van der Waals surface area contributed by atoms with Crippen molar-refractivity contribution in [2.75, 3.05) is 6.54 Å². The molecule has 0 rings (SSSR count). The molecule has 11 N–H and O–H groups in total. The van der Waals surface area contributed by atoms with E-state index in [0.717, 1.165) is 0 Å². The number of carboxylic acids is 2. The third-order valence-corrected chi connectivity index (χ3v) is 4.30. The number of aliphatic carboxylic acids is 2. The summed E-state index contributed by atoms with van der Waals surface area (Å²) in [5.74, 6) is -6.23. The van der Waals surface area contributed by atoms with E-state index < -0.39 is 66.2 Å². The molecule has 0 aromatic rings. The predicted molar refractivity (Wildman–Crippen MR) is 111 cm³/mol. The Hall–Kier alpha value is -3.26. The number of carbonyl (C=O) groups excluding carboxylic acids is 4. The molecule has 0 spiro atoms. The van der Waals surface area contributed by atoms with Crippen LogP contribution in [-0.4, -0.2) is 76.5 Å². The van der Waals surface area contributed by atoms with E-state index >= 15 is 0 Å². The first-order valence-electron chi connectivity index (χ1n) is 9.98. The molecule has 0 aromatic carbocycles. The smallest absolute Gasteiger partial charge is 0.326 e. The normalized spacial score (nSPS) is 14.3. The van der Waals surface area contributed by atoms with E-state index in [9.17, 15) is 28.8 Å². The van der Waals surface area contributed by atoms with Crippen LogP contribution in [0.1, 0.15) is 45.4 Å². The van der Waals surface area contributed by atoms with E-state index in [2.05, 4.69) is 10.6 Å². The zero-order chi connectivity index (χ0) is 24.8. The lowest BCUT2D eigenvalue weighted by Gasteiger charge is -2.24. The largest absolute Gasteiger partial charge is 0.481 e. The SMILES string of the molecule is CC(N)C(=O)NC(CCCCN)C(=O)NC(CCC(N)=O)C(=O)NC(CC(=O)O)C(=O)O. The van der Waals surface area contributed by atoms with Crippen LogP contribution in [0.25, 0.3) is 0 Å². The molecule has 0 radical (unpaired) electrons. The van der Waals surface area contributed by atoms with Gasteiger partial charge in [0.05, 0.1) is 12.5 Å². The van der Waals surface area contributed by atoms with Crippen LogP contribution in [0.5, 0.6) is 0 Å². The summed E-state index contributed by atoms with van der Waals surface area (Å²) in [6.45, 7) is 1.78. The number of rotatable bonds is 16. The van der Waals surface area contributed by atoms with Crippen LogP contribution in [0, 0.1) is 0 Å². The molecule has 0 heterocycles. The number of unbranched alkanes of at least 4 members (excludes halogenated alkanes) is 1. The Morgan fingerprint density at radius 2 is 1.31 bits per heavy atom. The molecule has 4 atom stereocenters. The molecule has 182 valence electrons. The van der Waals surface area contributed by atoms with Gasteiger partial charge in [0, 0.05) is 6.42 Å². The van der Waals surface area contributed by atoms with Crippen molar-refractivity contribution in [2.24, 2.45) is 17.2 Å². The number of nitrogens with two attached hydrogens (primary N) is 3. The molecular weight excluding hydrogens is 428 g/mol. The summed E-state index contributed by atoms with van der Waals surface area (Å²) in [7, 11) is 0. The van der Waals surface area contributed by atoms with Crippen molar-refractivity contribution in [3.8, 4) is 0 Å². The average Bonchev–Trinajstić information content (AvgIpc) is 2.68. The molecular formula is C18H32N6O8. The highest BCUT2D eigenvalue weighted by Gasteiger charge is 2.30. The fourth-order valence-electron chi connectivity index (χ4n) is 2.54. The van der Waals surface area contributed by atoms with Gasteiger partial charge in [-0.1, -0.05) is 0 Å². The summed E-state index contributed by atoms with van der Waals surface area (Å²) in [6, 6.07) is -5.14. The number of carboxylic acid groups (broad SMARTS) is 2. The minimum Gasteiger partial charge on any atom is -0.481 e. The van der Waals surface area contributed by atoms with E-state index in [0.29, 0.717) is 19.4 Å². The maximum Gasteiger partial charge on any atom is 0.326 e. The second-order valence-electron chi connectivity index (χ2n) is 7.20. The van der Waals surface area contributed by atoms with Gasteiger partial charge in [-0.05, 0) is 39.2 Å². The number of nitrogens with one attached hydrogen (secondary N) is 3. The zero-order valence-electron chi connectivity index (χ0n) is 17.8. The van der Waals surface area contributed by atoms with Crippen molar-refractivity contribution in [1.82, 2.24) is 16.0 Å². The van der Waals surface area contributed by atoms with Crippen molar-refractivity contribution in [1.29, 1.82) is 0 Å². The lowest BCUT2D eigenvalue weighted by molar-refractivity contribution is -0.147. The predicted octanol–water partition coefficient (Wildman–Crippen LogP) is -3.26. The van der Waals surface area contributed by atoms with E-state index in [-0.39, 0.29) is 19.3 Å². The lowest BCUT2D eigenvalue weighted by Crippen LogP contribution is -2.57. The summed E-state index contributed by atoms with van der Waals surface area (Å²) in [4.78, 5) is 70.4. The van der Waals surface area contributed by atoms with Crippen LogP contribution in [0.15, 0.2) is 0 Å². The molecule has 0 saturated carbocycles. The lowest BCUT2D eigenvalue weighted by atomic mass is 10.1. The van der Waals surface area contributed by atoms with Gasteiger partial charge in [0.2, 0.25) is 23.6 Å². The van der Waals surface area contributed by atoms with Crippen LogP contribution >= 0.6 is 0 Å². The Bertz CT molecular complexity index is 699. The highest BCUT2D eigenvalue weighted by Crippen LogP contribution is 2.05.